The van der Waals surface area contributed by atoms with Gasteiger partial charge in [0.05, 0.1) is 11.4 Å². The van der Waals surface area contributed by atoms with Crippen molar-refractivity contribution in [3.8, 4) is 16.8 Å². The van der Waals surface area contributed by atoms with Crippen LogP contribution >= 0.6 is 0 Å². The van der Waals surface area contributed by atoms with E-state index in [1.165, 1.54) is 10.8 Å². The van der Waals surface area contributed by atoms with Crippen LogP contribution in [-0.2, 0) is 14.6 Å². The van der Waals surface area contributed by atoms with E-state index in [2.05, 4.69) is 45.1 Å². The number of benzene rings is 3. The standard InChI is InChI=1S/C26H23N5O4S/c32-26(35-18-24-22-14-6-4-12-20(22)21-13-5-7-15-23(21)24)27-16-8-9-17-36(33,34)25-28-29-30-31(25)19-10-2-1-3-11-19/h1-15,24H,16-18H2,(H,27,32)/b9-8+. The summed E-state index contributed by atoms with van der Waals surface area (Å²) in [4.78, 5) is 12.3. The maximum Gasteiger partial charge on any atom is 0.407 e. The van der Waals surface area contributed by atoms with Gasteiger partial charge in [0.2, 0.25) is 9.84 Å². The van der Waals surface area contributed by atoms with Crippen molar-refractivity contribution in [3.05, 3.63) is 102 Å². The van der Waals surface area contributed by atoms with Crippen molar-refractivity contribution < 1.29 is 17.9 Å². The van der Waals surface area contributed by atoms with Crippen molar-refractivity contribution in [1.29, 1.82) is 0 Å². The number of tetrazole rings is 1. The highest BCUT2D eigenvalue weighted by atomic mass is 32.2. The highest BCUT2D eigenvalue weighted by molar-refractivity contribution is 7.91. The second-order valence-corrected chi connectivity index (χ2v) is 10.1. The van der Waals surface area contributed by atoms with E-state index in [-0.39, 0.29) is 30.0 Å². The number of alkyl carbamates (subject to hydrolysis) is 1. The second-order valence-electron chi connectivity index (χ2n) is 8.17. The molecule has 0 saturated heterocycles. The molecule has 0 saturated carbocycles. The normalized spacial score (nSPS) is 12.9. The lowest BCUT2D eigenvalue weighted by molar-refractivity contribution is 0.144. The Morgan fingerprint density at radius 2 is 1.56 bits per heavy atom. The summed E-state index contributed by atoms with van der Waals surface area (Å²) in [6.07, 6.45) is 2.43. The largest absolute Gasteiger partial charge is 0.449 e. The number of hydrogen-bond donors (Lipinski definition) is 1. The van der Waals surface area contributed by atoms with Gasteiger partial charge >= 0.3 is 6.09 Å². The number of sulfone groups is 1. The van der Waals surface area contributed by atoms with Gasteiger partial charge in [-0.2, -0.15) is 4.68 Å². The first-order chi connectivity index (χ1) is 17.5. The van der Waals surface area contributed by atoms with Crippen LogP contribution in [0.15, 0.2) is 96.2 Å². The molecule has 0 bridgehead atoms. The number of para-hydroxylation sites is 1. The number of ether oxygens (including phenoxy) is 1. The predicted molar refractivity (Wildman–Crippen MR) is 133 cm³/mol. The highest BCUT2D eigenvalue weighted by Gasteiger charge is 2.29. The van der Waals surface area contributed by atoms with E-state index in [1.807, 2.05) is 30.3 Å². The third-order valence-corrected chi connectivity index (χ3v) is 7.35. The Kier molecular flexibility index (Phi) is 6.59. The fraction of sp³-hybridized carbons (Fsp3) is 0.154. The first-order valence-corrected chi connectivity index (χ1v) is 13.0. The number of rotatable bonds is 8. The smallest absolute Gasteiger partial charge is 0.407 e. The summed E-state index contributed by atoms with van der Waals surface area (Å²) < 4.78 is 32.1. The minimum Gasteiger partial charge on any atom is -0.449 e. The molecule has 1 N–H and O–H groups in total. The van der Waals surface area contributed by atoms with E-state index in [9.17, 15) is 13.2 Å². The Bertz CT molecular complexity index is 1470. The SMILES string of the molecule is O=C(NC/C=C/CS(=O)(=O)c1nnnn1-c1ccccc1)OCC1c2ccccc2-c2ccccc21. The van der Waals surface area contributed by atoms with Gasteiger partial charge in [0, 0.05) is 12.5 Å². The summed E-state index contributed by atoms with van der Waals surface area (Å²) in [6, 6.07) is 25.0. The molecule has 0 aliphatic heterocycles. The lowest BCUT2D eigenvalue weighted by atomic mass is 9.98. The molecule has 3 aromatic carbocycles. The number of carbonyl (C=O) groups excluding carboxylic acids is 1. The highest BCUT2D eigenvalue weighted by Crippen LogP contribution is 2.44. The molecule has 0 atom stereocenters. The van der Waals surface area contributed by atoms with E-state index in [0.29, 0.717) is 5.69 Å². The molecular weight excluding hydrogens is 478 g/mol. The average molecular weight is 502 g/mol. The van der Waals surface area contributed by atoms with Crippen LogP contribution in [0.5, 0.6) is 0 Å². The van der Waals surface area contributed by atoms with Crippen molar-refractivity contribution in [2.75, 3.05) is 18.9 Å². The van der Waals surface area contributed by atoms with Gasteiger partial charge in [-0.3, -0.25) is 0 Å². The summed E-state index contributed by atoms with van der Waals surface area (Å²) in [5.41, 5.74) is 5.12. The summed E-state index contributed by atoms with van der Waals surface area (Å²) in [6.45, 7) is 0.329. The predicted octanol–water partition coefficient (Wildman–Crippen LogP) is 3.53. The van der Waals surface area contributed by atoms with Crippen LogP contribution < -0.4 is 5.32 Å². The summed E-state index contributed by atoms with van der Waals surface area (Å²) in [5.74, 6) is -0.341. The number of nitrogens with zero attached hydrogens (tertiary/aromatic N) is 4. The Balaban J connectivity index is 1.14. The molecule has 1 amide bonds. The molecular formula is C26H23N5O4S. The van der Waals surface area contributed by atoms with Gasteiger partial charge in [0.15, 0.2) is 0 Å². The molecule has 1 heterocycles. The van der Waals surface area contributed by atoms with E-state index >= 15 is 0 Å². The molecule has 9 nitrogen and oxygen atoms in total. The van der Waals surface area contributed by atoms with Crippen LogP contribution in [-0.4, -0.2) is 53.6 Å². The molecule has 10 heteroatoms. The number of nitrogens with one attached hydrogen (secondary N) is 1. The quantitative estimate of drug-likeness (QED) is 0.367. The molecule has 1 aliphatic rings. The summed E-state index contributed by atoms with van der Waals surface area (Å²) >= 11 is 0. The zero-order valence-electron chi connectivity index (χ0n) is 19.2. The second kappa shape index (κ2) is 10.1. The van der Waals surface area contributed by atoms with Crippen LogP contribution in [0, 0.1) is 0 Å². The Morgan fingerprint density at radius 1 is 0.917 bits per heavy atom. The third-order valence-electron chi connectivity index (χ3n) is 5.91. The van der Waals surface area contributed by atoms with Crippen molar-refractivity contribution >= 4 is 15.9 Å². The molecule has 0 fully saturated rings. The fourth-order valence-electron chi connectivity index (χ4n) is 4.25. The van der Waals surface area contributed by atoms with E-state index in [1.54, 1.807) is 30.3 Å². The van der Waals surface area contributed by atoms with Gasteiger partial charge in [0.1, 0.15) is 6.61 Å². The third kappa shape index (κ3) is 4.76. The number of amides is 1. The molecule has 0 unspecified atom stereocenters. The van der Waals surface area contributed by atoms with E-state index in [0.717, 1.165) is 22.3 Å². The van der Waals surface area contributed by atoms with Gasteiger partial charge in [-0.05, 0) is 44.8 Å². The average Bonchev–Trinajstić information content (AvgIpc) is 3.52. The molecule has 5 rings (SSSR count). The van der Waals surface area contributed by atoms with Crippen LogP contribution in [0.4, 0.5) is 4.79 Å². The Hall–Kier alpha value is -4.31. The Labute approximate surface area is 208 Å². The zero-order chi connectivity index (χ0) is 25.0. The van der Waals surface area contributed by atoms with Crippen LogP contribution in [0.3, 0.4) is 0 Å². The van der Waals surface area contributed by atoms with Crippen LogP contribution in [0.1, 0.15) is 17.0 Å². The molecule has 0 radical (unpaired) electrons. The molecule has 0 spiro atoms. The molecule has 36 heavy (non-hydrogen) atoms. The van der Waals surface area contributed by atoms with E-state index < -0.39 is 15.9 Å². The number of carbonyl (C=O) groups is 1. The van der Waals surface area contributed by atoms with Gasteiger partial charge in [0.25, 0.3) is 5.16 Å². The van der Waals surface area contributed by atoms with Crippen molar-refractivity contribution in [2.45, 2.75) is 11.1 Å². The minimum atomic E-state index is -3.78. The summed E-state index contributed by atoms with van der Waals surface area (Å²) in [5, 5.41) is 13.3. The lowest BCUT2D eigenvalue weighted by Crippen LogP contribution is -2.26. The number of hydrogen-bond acceptors (Lipinski definition) is 7. The van der Waals surface area contributed by atoms with Crippen molar-refractivity contribution in [2.24, 2.45) is 0 Å². The van der Waals surface area contributed by atoms with Gasteiger partial charge in [-0.25, -0.2) is 13.2 Å². The van der Waals surface area contributed by atoms with Crippen molar-refractivity contribution in [3.63, 3.8) is 0 Å². The fourth-order valence-corrected chi connectivity index (χ4v) is 5.35. The molecule has 1 aliphatic carbocycles. The van der Waals surface area contributed by atoms with Gasteiger partial charge < -0.3 is 10.1 Å². The number of aromatic nitrogens is 4. The topological polar surface area (TPSA) is 116 Å². The maximum absolute atomic E-state index is 12.7. The van der Waals surface area contributed by atoms with Gasteiger partial charge in [-0.15, -0.1) is 0 Å². The first-order valence-electron chi connectivity index (χ1n) is 11.3. The zero-order valence-corrected chi connectivity index (χ0v) is 20.0. The minimum absolute atomic E-state index is 0.0283. The van der Waals surface area contributed by atoms with E-state index in [4.69, 9.17) is 4.74 Å². The Morgan fingerprint density at radius 3 is 2.25 bits per heavy atom. The maximum atomic E-state index is 12.7. The summed E-state index contributed by atoms with van der Waals surface area (Å²) in [7, 11) is -3.78. The van der Waals surface area contributed by atoms with Crippen molar-refractivity contribution in [1.82, 2.24) is 25.5 Å². The lowest BCUT2D eigenvalue weighted by Gasteiger charge is -2.14. The van der Waals surface area contributed by atoms with Crippen LogP contribution in [0.25, 0.3) is 16.8 Å². The van der Waals surface area contributed by atoms with Gasteiger partial charge in [-0.1, -0.05) is 84.0 Å². The first kappa shape index (κ1) is 23.4. The molecule has 4 aromatic rings. The molecule has 182 valence electrons. The monoisotopic (exact) mass is 501 g/mol. The molecule has 1 aromatic heterocycles. The van der Waals surface area contributed by atoms with Crippen LogP contribution in [0.2, 0.25) is 0 Å². The number of fused-ring (bicyclic) bond motifs is 3.